The Labute approximate surface area is 101 Å². The summed E-state index contributed by atoms with van der Waals surface area (Å²) in [5.74, 6) is -0.246. The van der Waals surface area contributed by atoms with Crippen molar-refractivity contribution in [2.24, 2.45) is 5.92 Å². The van der Waals surface area contributed by atoms with E-state index in [1.54, 1.807) is 6.92 Å². The molecular formula is C14H19F2N. The first-order valence-electron chi connectivity index (χ1n) is 6.15. The zero-order valence-corrected chi connectivity index (χ0v) is 10.8. The van der Waals surface area contributed by atoms with Gasteiger partial charge in [0.1, 0.15) is 11.6 Å². The molecule has 1 nitrogen and oxygen atoms in total. The largest absolute Gasteiger partial charge is 0.309 e. The van der Waals surface area contributed by atoms with E-state index in [4.69, 9.17) is 0 Å². The number of rotatable bonds is 1. The van der Waals surface area contributed by atoms with Gasteiger partial charge in [0.15, 0.2) is 0 Å². The Morgan fingerprint density at radius 1 is 1.29 bits per heavy atom. The zero-order chi connectivity index (χ0) is 12.7. The summed E-state index contributed by atoms with van der Waals surface area (Å²) in [5.41, 5.74) is 1.49. The highest BCUT2D eigenvalue weighted by Crippen LogP contribution is 2.38. The lowest BCUT2D eigenvalue weighted by Gasteiger charge is -2.34. The van der Waals surface area contributed by atoms with Gasteiger partial charge in [0.25, 0.3) is 0 Å². The van der Waals surface area contributed by atoms with E-state index in [1.165, 1.54) is 6.07 Å². The Bertz CT molecular complexity index is 440. The van der Waals surface area contributed by atoms with Crippen molar-refractivity contribution in [2.45, 2.75) is 39.7 Å². The fourth-order valence-corrected chi connectivity index (χ4v) is 2.67. The summed E-state index contributed by atoms with van der Waals surface area (Å²) in [6.07, 6.45) is 0. The molecule has 1 aromatic rings. The molecule has 1 aliphatic heterocycles. The fourth-order valence-electron chi connectivity index (χ4n) is 2.67. The highest BCUT2D eigenvalue weighted by atomic mass is 19.1. The lowest BCUT2D eigenvalue weighted by molar-refractivity contribution is 0.353. The fraction of sp³-hybridized carbons (Fsp3) is 0.571. The van der Waals surface area contributed by atoms with Crippen LogP contribution in [0.1, 0.15) is 49.4 Å². The second kappa shape index (κ2) is 4.37. The number of hydrogen-bond donors (Lipinski definition) is 1. The molecule has 94 valence electrons. The molecule has 0 fully saturated rings. The van der Waals surface area contributed by atoms with E-state index in [-0.39, 0.29) is 29.5 Å². The highest BCUT2D eigenvalue weighted by Gasteiger charge is 2.32. The predicted molar refractivity (Wildman–Crippen MR) is 65.1 cm³/mol. The van der Waals surface area contributed by atoms with E-state index >= 15 is 0 Å². The molecule has 1 heterocycles. The number of benzene rings is 1. The summed E-state index contributed by atoms with van der Waals surface area (Å²) in [6.45, 7) is 8.30. The summed E-state index contributed by atoms with van der Waals surface area (Å²) in [6, 6.07) is 1.23. The van der Waals surface area contributed by atoms with Crippen LogP contribution in [0.4, 0.5) is 8.78 Å². The molecule has 0 saturated heterocycles. The van der Waals surface area contributed by atoms with Crippen LogP contribution in [-0.2, 0) is 0 Å². The highest BCUT2D eigenvalue weighted by molar-refractivity contribution is 5.41. The van der Waals surface area contributed by atoms with Gasteiger partial charge in [-0.2, -0.15) is 0 Å². The lowest BCUT2D eigenvalue weighted by Crippen LogP contribution is -2.36. The van der Waals surface area contributed by atoms with Crippen molar-refractivity contribution in [1.29, 1.82) is 0 Å². The lowest BCUT2D eigenvalue weighted by atomic mass is 9.82. The third-order valence-corrected chi connectivity index (χ3v) is 3.59. The minimum Gasteiger partial charge on any atom is -0.309 e. The van der Waals surface area contributed by atoms with Gasteiger partial charge in [0, 0.05) is 18.2 Å². The van der Waals surface area contributed by atoms with Crippen LogP contribution < -0.4 is 5.32 Å². The molecule has 2 rings (SSSR count). The van der Waals surface area contributed by atoms with E-state index in [2.05, 4.69) is 5.32 Å². The van der Waals surface area contributed by atoms with Crippen molar-refractivity contribution in [3.8, 4) is 0 Å². The summed E-state index contributed by atoms with van der Waals surface area (Å²) in [7, 11) is 0. The molecule has 0 spiro atoms. The molecule has 2 unspecified atom stereocenters. The van der Waals surface area contributed by atoms with Crippen molar-refractivity contribution in [2.75, 3.05) is 6.54 Å². The number of halogens is 2. The molecule has 0 radical (unpaired) electrons. The maximum Gasteiger partial charge on any atom is 0.131 e. The van der Waals surface area contributed by atoms with Gasteiger partial charge in [-0.05, 0) is 36.0 Å². The van der Waals surface area contributed by atoms with Gasteiger partial charge in [-0.3, -0.25) is 0 Å². The smallest absolute Gasteiger partial charge is 0.131 e. The van der Waals surface area contributed by atoms with Crippen LogP contribution in [0.5, 0.6) is 0 Å². The maximum absolute atomic E-state index is 14.2. The Hall–Kier alpha value is -0.960. The SMILES string of the molecule is Cc1cc(F)c2c(c1F)C(C(C)C)NCC2C. The van der Waals surface area contributed by atoms with Crippen molar-refractivity contribution < 1.29 is 8.78 Å². The average Bonchev–Trinajstić information content (AvgIpc) is 2.25. The minimum absolute atomic E-state index is 0.0232. The van der Waals surface area contributed by atoms with Crippen LogP contribution in [0.3, 0.4) is 0 Å². The Morgan fingerprint density at radius 3 is 2.53 bits per heavy atom. The molecule has 0 aliphatic carbocycles. The van der Waals surface area contributed by atoms with Crippen LogP contribution in [0.15, 0.2) is 6.07 Å². The average molecular weight is 239 g/mol. The van der Waals surface area contributed by atoms with Crippen LogP contribution in [0.2, 0.25) is 0 Å². The first-order valence-corrected chi connectivity index (χ1v) is 6.15. The molecule has 3 heteroatoms. The quantitative estimate of drug-likeness (QED) is 0.788. The van der Waals surface area contributed by atoms with Crippen LogP contribution >= 0.6 is 0 Å². The van der Waals surface area contributed by atoms with Gasteiger partial charge in [0.2, 0.25) is 0 Å². The van der Waals surface area contributed by atoms with Gasteiger partial charge >= 0.3 is 0 Å². The van der Waals surface area contributed by atoms with E-state index in [0.29, 0.717) is 23.2 Å². The monoisotopic (exact) mass is 239 g/mol. The standard InChI is InChI=1S/C14H19F2N/c1-7(2)14-12-11(9(4)6-17-14)10(15)5-8(3)13(12)16/h5,7,9,14,17H,6H2,1-4H3. The summed E-state index contributed by atoms with van der Waals surface area (Å²) in [4.78, 5) is 0. The molecule has 17 heavy (non-hydrogen) atoms. The molecular weight excluding hydrogens is 220 g/mol. The number of hydrogen-bond acceptors (Lipinski definition) is 1. The second-order valence-electron chi connectivity index (χ2n) is 5.35. The Morgan fingerprint density at radius 2 is 1.94 bits per heavy atom. The first kappa shape index (κ1) is 12.5. The summed E-state index contributed by atoms with van der Waals surface area (Å²) < 4.78 is 28.2. The maximum atomic E-state index is 14.2. The molecule has 1 N–H and O–H groups in total. The van der Waals surface area contributed by atoms with Gasteiger partial charge in [0.05, 0.1) is 0 Å². The van der Waals surface area contributed by atoms with E-state index in [1.807, 2.05) is 20.8 Å². The topological polar surface area (TPSA) is 12.0 Å². The Kier molecular flexibility index (Phi) is 3.21. The first-order chi connectivity index (χ1) is 7.93. The normalized spacial score (nSPS) is 23.9. The third kappa shape index (κ3) is 1.97. The Balaban J connectivity index is 2.67. The molecule has 0 saturated carbocycles. The summed E-state index contributed by atoms with van der Waals surface area (Å²) in [5, 5.41) is 3.31. The molecule has 0 amide bonds. The van der Waals surface area contributed by atoms with E-state index in [9.17, 15) is 8.78 Å². The molecule has 0 aromatic heterocycles. The second-order valence-corrected chi connectivity index (χ2v) is 5.35. The number of aryl methyl sites for hydroxylation is 1. The molecule has 1 aliphatic rings. The third-order valence-electron chi connectivity index (χ3n) is 3.59. The van der Waals surface area contributed by atoms with Gasteiger partial charge in [-0.1, -0.05) is 20.8 Å². The van der Waals surface area contributed by atoms with Gasteiger partial charge < -0.3 is 5.32 Å². The van der Waals surface area contributed by atoms with Gasteiger partial charge in [-0.25, -0.2) is 8.78 Å². The molecule has 2 atom stereocenters. The number of nitrogens with one attached hydrogen (secondary N) is 1. The van der Waals surface area contributed by atoms with Crippen LogP contribution in [0, 0.1) is 24.5 Å². The molecule has 0 bridgehead atoms. The number of fused-ring (bicyclic) bond motifs is 1. The van der Waals surface area contributed by atoms with Gasteiger partial charge in [-0.15, -0.1) is 0 Å². The zero-order valence-electron chi connectivity index (χ0n) is 10.8. The van der Waals surface area contributed by atoms with E-state index < -0.39 is 0 Å². The molecule has 1 aromatic carbocycles. The van der Waals surface area contributed by atoms with Crippen molar-refractivity contribution in [3.63, 3.8) is 0 Å². The van der Waals surface area contributed by atoms with E-state index in [0.717, 1.165) is 0 Å². The van der Waals surface area contributed by atoms with Crippen LogP contribution in [0.25, 0.3) is 0 Å². The predicted octanol–water partition coefficient (Wildman–Crippen LogP) is 3.68. The van der Waals surface area contributed by atoms with Crippen molar-refractivity contribution in [1.82, 2.24) is 5.32 Å². The summed E-state index contributed by atoms with van der Waals surface area (Å²) >= 11 is 0. The van der Waals surface area contributed by atoms with Crippen molar-refractivity contribution in [3.05, 3.63) is 34.4 Å². The van der Waals surface area contributed by atoms with Crippen LogP contribution in [-0.4, -0.2) is 6.54 Å². The minimum atomic E-state index is -0.265. The van der Waals surface area contributed by atoms with Crippen molar-refractivity contribution >= 4 is 0 Å².